The van der Waals surface area contributed by atoms with Gasteiger partial charge in [-0.2, -0.15) is 0 Å². The van der Waals surface area contributed by atoms with Crippen LogP contribution in [-0.4, -0.2) is 4.98 Å². The minimum absolute atomic E-state index is 0.325. The van der Waals surface area contributed by atoms with Crippen LogP contribution in [0, 0.1) is 11.6 Å². The fraction of sp³-hybridized carbons (Fsp3) is 0.118. The third-order valence-electron chi connectivity index (χ3n) is 3.54. The van der Waals surface area contributed by atoms with Crippen molar-refractivity contribution in [3.05, 3.63) is 77.6 Å². The van der Waals surface area contributed by atoms with Gasteiger partial charge in [-0.15, -0.1) is 0 Å². The van der Waals surface area contributed by atoms with Crippen LogP contribution in [0.25, 0.3) is 10.8 Å². The second kappa shape index (κ2) is 5.58. The maximum Gasteiger partial charge on any atom is 0.159 e. The Balaban J connectivity index is 1.93. The molecule has 2 N–H and O–H groups in total. The summed E-state index contributed by atoms with van der Waals surface area (Å²) in [4.78, 5) is 4.19. The number of aromatic nitrogens is 1. The van der Waals surface area contributed by atoms with Crippen LogP contribution in [0.1, 0.15) is 17.2 Å². The average molecular weight is 284 g/mol. The van der Waals surface area contributed by atoms with Gasteiger partial charge in [0.1, 0.15) is 0 Å². The third-order valence-corrected chi connectivity index (χ3v) is 3.54. The van der Waals surface area contributed by atoms with Crippen LogP contribution in [0.3, 0.4) is 0 Å². The molecule has 0 aliphatic rings. The summed E-state index contributed by atoms with van der Waals surface area (Å²) in [5, 5.41) is 2.04. The van der Waals surface area contributed by atoms with Gasteiger partial charge in [0.15, 0.2) is 11.6 Å². The highest BCUT2D eigenvalue weighted by Gasteiger charge is 2.12. The molecule has 0 fully saturated rings. The van der Waals surface area contributed by atoms with Crippen LogP contribution < -0.4 is 5.73 Å². The zero-order valence-electron chi connectivity index (χ0n) is 11.3. The molecule has 0 aliphatic heterocycles. The Hall–Kier alpha value is -2.33. The van der Waals surface area contributed by atoms with Crippen molar-refractivity contribution < 1.29 is 8.78 Å². The normalized spacial score (nSPS) is 12.5. The molecule has 1 atom stereocenters. The lowest BCUT2D eigenvalue weighted by Crippen LogP contribution is -2.14. The summed E-state index contributed by atoms with van der Waals surface area (Å²) in [7, 11) is 0. The summed E-state index contributed by atoms with van der Waals surface area (Å²) in [6, 6.07) is 11.4. The van der Waals surface area contributed by atoms with E-state index in [1.165, 1.54) is 6.07 Å². The number of fused-ring (bicyclic) bond motifs is 1. The van der Waals surface area contributed by atoms with Crippen LogP contribution in [0.5, 0.6) is 0 Å². The highest BCUT2D eigenvalue weighted by molar-refractivity contribution is 5.85. The second-order valence-corrected chi connectivity index (χ2v) is 5.01. The number of nitrogens with two attached hydrogens (primary N) is 1. The number of pyridine rings is 1. The maximum absolute atomic E-state index is 13.3. The molecule has 4 heteroatoms. The number of hydrogen-bond acceptors (Lipinski definition) is 2. The van der Waals surface area contributed by atoms with Gasteiger partial charge < -0.3 is 5.73 Å². The summed E-state index contributed by atoms with van der Waals surface area (Å²) in [5.74, 6) is -1.70. The Kier molecular flexibility index (Phi) is 3.62. The lowest BCUT2D eigenvalue weighted by atomic mass is 9.97. The first-order valence-corrected chi connectivity index (χ1v) is 6.67. The standard InChI is InChI=1S/C17H14F2N2/c18-15-6-5-11(7-16(15)19)8-17(20)14-10-21-9-12-3-1-2-4-13(12)14/h1-7,9-10,17H,8,20H2. The molecule has 0 saturated carbocycles. The van der Waals surface area contributed by atoms with Crippen LogP contribution in [0.2, 0.25) is 0 Å². The summed E-state index contributed by atoms with van der Waals surface area (Å²) in [5.41, 5.74) is 7.79. The van der Waals surface area contributed by atoms with Crippen molar-refractivity contribution in [2.24, 2.45) is 5.73 Å². The molecule has 2 aromatic carbocycles. The van der Waals surface area contributed by atoms with E-state index in [9.17, 15) is 8.78 Å². The quantitative estimate of drug-likeness (QED) is 0.795. The molecule has 21 heavy (non-hydrogen) atoms. The molecule has 106 valence electrons. The number of hydrogen-bond donors (Lipinski definition) is 1. The first kappa shape index (κ1) is 13.6. The Labute approximate surface area is 121 Å². The SMILES string of the molecule is NC(Cc1ccc(F)c(F)c1)c1cncc2ccccc12. The predicted molar refractivity (Wildman–Crippen MR) is 78.7 cm³/mol. The van der Waals surface area contributed by atoms with Gasteiger partial charge in [0.25, 0.3) is 0 Å². The molecule has 3 aromatic rings. The van der Waals surface area contributed by atoms with Gasteiger partial charge in [-0.1, -0.05) is 30.3 Å². The Bertz CT molecular complexity index is 781. The number of benzene rings is 2. The van der Waals surface area contributed by atoms with E-state index >= 15 is 0 Å². The van der Waals surface area contributed by atoms with Gasteiger partial charge in [-0.05, 0) is 35.1 Å². The van der Waals surface area contributed by atoms with Crippen molar-refractivity contribution in [3.63, 3.8) is 0 Å². The zero-order chi connectivity index (χ0) is 14.8. The van der Waals surface area contributed by atoms with Gasteiger partial charge in [0.05, 0.1) is 0 Å². The van der Waals surface area contributed by atoms with Crippen molar-refractivity contribution in [3.8, 4) is 0 Å². The largest absolute Gasteiger partial charge is 0.324 e. The van der Waals surface area contributed by atoms with E-state index in [0.717, 1.165) is 22.4 Å². The van der Waals surface area contributed by atoms with Crippen LogP contribution in [-0.2, 0) is 6.42 Å². The zero-order valence-corrected chi connectivity index (χ0v) is 11.3. The number of halogens is 2. The lowest BCUT2D eigenvalue weighted by Gasteiger charge is -2.14. The third kappa shape index (κ3) is 2.76. The molecule has 3 rings (SSSR count). The molecule has 1 unspecified atom stereocenters. The second-order valence-electron chi connectivity index (χ2n) is 5.01. The van der Waals surface area contributed by atoms with Gasteiger partial charge in [-0.3, -0.25) is 4.98 Å². The highest BCUT2D eigenvalue weighted by Crippen LogP contribution is 2.24. The molecule has 0 radical (unpaired) electrons. The van der Waals surface area contributed by atoms with E-state index in [0.29, 0.717) is 12.0 Å². The monoisotopic (exact) mass is 284 g/mol. The van der Waals surface area contributed by atoms with E-state index in [4.69, 9.17) is 5.73 Å². The summed E-state index contributed by atoms with van der Waals surface area (Å²) < 4.78 is 26.2. The molecule has 0 bridgehead atoms. The van der Waals surface area contributed by atoms with Gasteiger partial charge in [-0.25, -0.2) is 8.78 Å². The van der Waals surface area contributed by atoms with E-state index in [1.54, 1.807) is 18.5 Å². The molecule has 0 saturated heterocycles. The number of nitrogens with zero attached hydrogens (tertiary/aromatic N) is 1. The van der Waals surface area contributed by atoms with Crippen molar-refractivity contribution in [2.75, 3.05) is 0 Å². The van der Waals surface area contributed by atoms with E-state index in [2.05, 4.69) is 4.98 Å². The van der Waals surface area contributed by atoms with Crippen molar-refractivity contribution >= 4 is 10.8 Å². The van der Waals surface area contributed by atoms with Gasteiger partial charge >= 0.3 is 0 Å². The van der Waals surface area contributed by atoms with E-state index in [1.807, 2.05) is 24.3 Å². The molecular weight excluding hydrogens is 270 g/mol. The van der Waals surface area contributed by atoms with E-state index < -0.39 is 11.6 Å². The Morgan fingerprint density at radius 2 is 1.81 bits per heavy atom. The number of rotatable bonds is 3. The molecule has 0 spiro atoms. The summed E-state index contributed by atoms with van der Waals surface area (Å²) in [6.45, 7) is 0. The van der Waals surface area contributed by atoms with Crippen LogP contribution in [0.4, 0.5) is 8.78 Å². The topological polar surface area (TPSA) is 38.9 Å². The fourth-order valence-corrected chi connectivity index (χ4v) is 2.47. The van der Waals surface area contributed by atoms with E-state index in [-0.39, 0.29) is 6.04 Å². The highest BCUT2D eigenvalue weighted by atomic mass is 19.2. The smallest absolute Gasteiger partial charge is 0.159 e. The van der Waals surface area contributed by atoms with Gasteiger partial charge in [0.2, 0.25) is 0 Å². The molecule has 0 amide bonds. The lowest BCUT2D eigenvalue weighted by molar-refractivity contribution is 0.506. The molecule has 0 aliphatic carbocycles. The summed E-state index contributed by atoms with van der Waals surface area (Å²) in [6.07, 6.45) is 3.93. The minimum Gasteiger partial charge on any atom is -0.324 e. The minimum atomic E-state index is -0.851. The predicted octanol–water partition coefficient (Wildman–Crippen LogP) is 3.76. The van der Waals surface area contributed by atoms with Crippen molar-refractivity contribution in [1.82, 2.24) is 4.98 Å². The molecule has 2 nitrogen and oxygen atoms in total. The van der Waals surface area contributed by atoms with Crippen molar-refractivity contribution in [1.29, 1.82) is 0 Å². The summed E-state index contributed by atoms with van der Waals surface area (Å²) >= 11 is 0. The van der Waals surface area contributed by atoms with Crippen molar-refractivity contribution in [2.45, 2.75) is 12.5 Å². The Morgan fingerprint density at radius 1 is 1.00 bits per heavy atom. The molecular formula is C17H14F2N2. The van der Waals surface area contributed by atoms with Crippen LogP contribution >= 0.6 is 0 Å². The first-order chi connectivity index (χ1) is 10.1. The molecule has 1 aromatic heterocycles. The fourth-order valence-electron chi connectivity index (χ4n) is 2.47. The average Bonchev–Trinajstić information content (AvgIpc) is 2.50. The molecule has 1 heterocycles. The first-order valence-electron chi connectivity index (χ1n) is 6.67. The maximum atomic E-state index is 13.3. The van der Waals surface area contributed by atoms with Crippen LogP contribution in [0.15, 0.2) is 54.9 Å². The van der Waals surface area contributed by atoms with Gasteiger partial charge in [0, 0.05) is 23.8 Å². The Morgan fingerprint density at radius 3 is 2.62 bits per heavy atom.